The Balaban J connectivity index is 2.30. The van der Waals surface area contributed by atoms with E-state index in [2.05, 4.69) is 20.3 Å². The SMILES string of the molecule is COc1cc(OC)nc(NC(=O)NS(=O)(=O)c2nc(OC)ccc2C(=O)O)n1. The highest BCUT2D eigenvalue weighted by molar-refractivity contribution is 7.90. The van der Waals surface area contributed by atoms with Crippen LogP contribution < -0.4 is 24.2 Å². The third kappa shape index (κ3) is 4.73. The highest BCUT2D eigenvalue weighted by Crippen LogP contribution is 2.19. The molecule has 0 aromatic carbocycles. The molecule has 0 spiro atoms. The third-order valence-electron chi connectivity index (χ3n) is 3.08. The Hall–Kier alpha value is -3.68. The number of anilines is 1. The van der Waals surface area contributed by atoms with Crippen LogP contribution in [0.1, 0.15) is 10.4 Å². The number of carbonyl (C=O) groups is 2. The van der Waals surface area contributed by atoms with E-state index in [0.29, 0.717) is 0 Å². The predicted octanol–water partition coefficient (Wildman–Crippen LogP) is 0.106. The lowest BCUT2D eigenvalue weighted by Crippen LogP contribution is -2.36. The molecule has 0 fully saturated rings. The van der Waals surface area contributed by atoms with Crippen molar-refractivity contribution >= 4 is 28.0 Å². The van der Waals surface area contributed by atoms with Gasteiger partial charge in [0.1, 0.15) is 0 Å². The maximum absolute atomic E-state index is 12.4. The van der Waals surface area contributed by atoms with Crippen LogP contribution in [0.15, 0.2) is 23.2 Å². The quantitative estimate of drug-likeness (QED) is 0.560. The van der Waals surface area contributed by atoms with Crippen LogP contribution in [0.5, 0.6) is 17.6 Å². The van der Waals surface area contributed by atoms with E-state index < -0.39 is 32.6 Å². The number of carboxylic acids is 1. The predicted molar refractivity (Wildman–Crippen MR) is 92.2 cm³/mol. The molecule has 2 heterocycles. The zero-order chi connectivity index (χ0) is 20.9. The molecule has 0 bridgehead atoms. The maximum atomic E-state index is 12.4. The summed E-state index contributed by atoms with van der Waals surface area (Å²) in [5, 5.41) is 10.3. The summed E-state index contributed by atoms with van der Waals surface area (Å²) < 4.78 is 41.1. The number of pyridine rings is 1. The van der Waals surface area contributed by atoms with Gasteiger partial charge in [-0.1, -0.05) is 0 Å². The van der Waals surface area contributed by atoms with Crippen molar-refractivity contribution in [2.75, 3.05) is 26.6 Å². The van der Waals surface area contributed by atoms with Crippen LogP contribution in [0, 0.1) is 0 Å². The van der Waals surface area contributed by atoms with Gasteiger partial charge in [-0.2, -0.15) is 23.4 Å². The number of urea groups is 1. The Morgan fingerprint density at radius 2 is 1.54 bits per heavy atom. The van der Waals surface area contributed by atoms with E-state index >= 15 is 0 Å². The summed E-state index contributed by atoms with van der Waals surface area (Å²) >= 11 is 0. The molecule has 2 aromatic heterocycles. The Labute approximate surface area is 158 Å². The third-order valence-corrected chi connectivity index (χ3v) is 4.35. The van der Waals surface area contributed by atoms with Crippen LogP contribution in [0.4, 0.5) is 10.7 Å². The van der Waals surface area contributed by atoms with Gasteiger partial charge in [0.15, 0.2) is 5.03 Å². The molecule has 3 N–H and O–H groups in total. The fraction of sp³-hybridized carbons (Fsp3) is 0.214. The summed E-state index contributed by atoms with van der Waals surface area (Å²) in [5.74, 6) is -1.94. The topological polar surface area (TPSA) is 179 Å². The van der Waals surface area contributed by atoms with Gasteiger partial charge in [-0.05, 0) is 6.07 Å². The van der Waals surface area contributed by atoms with Gasteiger partial charge in [0.05, 0.1) is 33.0 Å². The number of aromatic nitrogens is 3. The second-order valence-electron chi connectivity index (χ2n) is 4.85. The molecule has 28 heavy (non-hydrogen) atoms. The van der Waals surface area contributed by atoms with E-state index in [9.17, 15) is 18.0 Å². The molecule has 0 atom stereocenters. The number of hydrogen-bond donors (Lipinski definition) is 3. The molecule has 0 saturated heterocycles. The summed E-state index contributed by atoms with van der Waals surface area (Å²) in [5.41, 5.74) is -0.652. The molecule has 0 unspecified atom stereocenters. The van der Waals surface area contributed by atoms with E-state index in [0.717, 1.165) is 6.07 Å². The number of methoxy groups -OCH3 is 3. The van der Waals surface area contributed by atoms with Crippen molar-refractivity contribution in [3.63, 3.8) is 0 Å². The first-order valence-electron chi connectivity index (χ1n) is 7.29. The second kappa shape index (κ2) is 8.34. The van der Waals surface area contributed by atoms with E-state index in [1.54, 1.807) is 4.72 Å². The molecule has 0 aliphatic heterocycles. The number of amides is 2. The largest absolute Gasteiger partial charge is 0.481 e. The normalized spacial score (nSPS) is 10.7. The van der Waals surface area contributed by atoms with Crippen LogP contribution in [0.25, 0.3) is 0 Å². The minimum atomic E-state index is -4.67. The van der Waals surface area contributed by atoms with Crippen molar-refractivity contribution in [1.82, 2.24) is 19.7 Å². The molecular weight excluding hydrogens is 398 g/mol. The summed E-state index contributed by atoms with van der Waals surface area (Å²) in [6.45, 7) is 0. The Morgan fingerprint density at radius 3 is 2.04 bits per heavy atom. The maximum Gasteiger partial charge on any atom is 0.338 e. The molecular formula is C14H15N5O8S. The molecule has 14 heteroatoms. The zero-order valence-corrected chi connectivity index (χ0v) is 15.6. The molecule has 0 saturated carbocycles. The number of rotatable bonds is 7. The van der Waals surface area contributed by atoms with Gasteiger partial charge in [0.25, 0.3) is 10.0 Å². The van der Waals surface area contributed by atoms with Gasteiger partial charge in [0, 0.05) is 6.07 Å². The van der Waals surface area contributed by atoms with E-state index in [1.807, 2.05) is 0 Å². The number of aromatic carboxylic acids is 1. The Morgan fingerprint density at radius 1 is 0.964 bits per heavy atom. The summed E-state index contributed by atoms with van der Waals surface area (Å²) in [6, 6.07) is 2.21. The molecule has 2 aromatic rings. The number of carbonyl (C=O) groups excluding carboxylic acids is 1. The van der Waals surface area contributed by atoms with Gasteiger partial charge in [0.2, 0.25) is 23.6 Å². The fourth-order valence-corrected chi connectivity index (χ4v) is 2.92. The number of nitrogens with zero attached hydrogens (tertiary/aromatic N) is 3. The van der Waals surface area contributed by atoms with E-state index in [-0.39, 0.29) is 23.6 Å². The summed E-state index contributed by atoms with van der Waals surface area (Å²) in [4.78, 5) is 34.5. The van der Waals surface area contributed by atoms with Crippen molar-refractivity contribution in [3.05, 3.63) is 23.8 Å². The van der Waals surface area contributed by atoms with Crippen LogP contribution in [0.2, 0.25) is 0 Å². The standard InChI is InChI=1S/C14H15N5O8S/c1-25-8-5-4-7(12(20)21)11(15-8)28(23,24)19-14(22)18-13-16-9(26-2)6-10(17-13)27-3/h4-6H,1-3H3,(H,20,21)(H2,16,17,18,19,22). The zero-order valence-electron chi connectivity index (χ0n) is 14.8. The average molecular weight is 413 g/mol. The molecule has 0 radical (unpaired) electrons. The first kappa shape index (κ1) is 20.6. The van der Waals surface area contributed by atoms with Crippen molar-refractivity contribution in [3.8, 4) is 17.6 Å². The van der Waals surface area contributed by atoms with Crippen molar-refractivity contribution < 1.29 is 37.3 Å². The molecule has 2 rings (SSSR count). The summed E-state index contributed by atoms with van der Waals surface area (Å²) in [6.07, 6.45) is 0. The van der Waals surface area contributed by atoms with Gasteiger partial charge in [-0.15, -0.1) is 0 Å². The van der Waals surface area contributed by atoms with Crippen molar-refractivity contribution in [1.29, 1.82) is 0 Å². The second-order valence-corrected chi connectivity index (χ2v) is 6.45. The molecule has 2 amide bonds. The van der Waals surface area contributed by atoms with E-state index in [1.165, 1.54) is 33.5 Å². The fourth-order valence-electron chi connectivity index (χ4n) is 1.87. The van der Waals surface area contributed by atoms with Crippen LogP contribution >= 0.6 is 0 Å². The van der Waals surface area contributed by atoms with Crippen molar-refractivity contribution in [2.45, 2.75) is 5.03 Å². The lowest BCUT2D eigenvalue weighted by Gasteiger charge is -2.11. The van der Waals surface area contributed by atoms with Crippen LogP contribution in [-0.2, 0) is 10.0 Å². The van der Waals surface area contributed by atoms with Crippen LogP contribution in [-0.4, -0.2) is 61.8 Å². The number of carboxylic acid groups (broad SMARTS) is 1. The first-order chi connectivity index (χ1) is 13.2. The highest BCUT2D eigenvalue weighted by atomic mass is 32.2. The van der Waals surface area contributed by atoms with Gasteiger partial charge in [-0.3, -0.25) is 5.32 Å². The minimum absolute atomic E-state index is 0.0487. The van der Waals surface area contributed by atoms with Gasteiger partial charge in [-0.25, -0.2) is 14.3 Å². The van der Waals surface area contributed by atoms with E-state index in [4.69, 9.17) is 19.3 Å². The molecule has 0 aliphatic rings. The highest BCUT2D eigenvalue weighted by Gasteiger charge is 2.27. The number of ether oxygens (including phenoxy) is 3. The molecule has 0 aliphatic carbocycles. The van der Waals surface area contributed by atoms with Gasteiger partial charge < -0.3 is 19.3 Å². The molecule has 13 nitrogen and oxygen atoms in total. The monoisotopic (exact) mass is 413 g/mol. The number of hydrogen-bond acceptors (Lipinski definition) is 10. The van der Waals surface area contributed by atoms with Crippen LogP contribution in [0.3, 0.4) is 0 Å². The Kier molecular flexibility index (Phi) is 6.15. The van der Waals surface area contributed by atoms with Gasteiger partial charge >= 0.3 is 12.0 Å². The lowest BCUT2D eigenvalue weighted by molar-refractivity contribution is 0.0691. The first-order valence-corrected chi connectivity index (χ1v) is 8.77. The molecule has 150 valence electrons. The minimum Gasteiger partial charge on any atom is -0.481 e. The van der Waals surface area contributed by atoms with Crippen molar-refractivity contribution in [2.24, 2.45) is 0 Å². The lowest BCUT2D eigenvalue weighted by atomic mass is 10.3. The smallest absolute Gasteiger partial charge is 0.338 e. The average Bonchev–Trinajstić information content (AvgIpc) is 2.66. The summed E-state index contributed by atoms with van der Waals surface area (Å²) in [7, 11) is -0.821. The number of sulfonamides is 1. The Bertz CT molecular complexity index is 989. The number of nitrogens with one attached hydrogen (secondary N) is 2.